The van der Waals surface area contributed by atoms with Gasteiger partial charge in [-0.15, -0.1) is 0 Å². The summed E-state index contributed by atoms with van der Waals surface area (Å²) in [6.07, 6.45) is -0.895. The maximum atomic E-state index is 14.1. The number of methoxy groups -OCH3 is 1. The summed E-state index contributed by atoms with van der Waals surface area (Å²) in [5.41, 5.74) is 1.57. The van der Waals surface area contributed by atoms with E-state index in [1.54, 1.807) is 31.3 Å². The molecular formula is C30H35F3N5O5P. The summed E-state index contributed by atoms with van der Waals surface area (Å²) in [7, 11) is 0.439. The molecule has 44 heavy (non-hydrogen) atoms. The van der Waals surface area contributed by atoms with Gasteiger partial charge in [-0.1, -0.05) is 12.1 Å². The Balaban J connectivity index is 1.48. The first-order valence-corrected chi connectivity index (χ1v) is 15.8. The number of nitrogens with one attached hydrogen (secondary N) is 2. The molecule has 3 aromatic rings. The van der Waals surface area contributed by atoms with Crippen molar-refractivity contribution < 1.29 is 37.3 Å². The summed E-state index contributed by atoms with van der Waals surface area (Å²) in [5, 5.41) is 16.1. The van der Waals surface area contributed by atoms with Crippen molar-refractivity contribution in [2.45, 2.75) is 63.3 Å². The fourth-order valence-corrected chi connectivity index (χ4v) is 6.36. The van der Waals surface area contributed by atoms with E-state index in [9.17, 15) is 27.6 Å². The molecule has 1 amide bonds. The molecule has 1 saturated carbocycles. The highest BCUT2D eigenvalue weighted by Gasteiger charge is 2.38. The highest BCUT2D eigenvalue weighted by Crippen LogP contribution is 2.44. The summed E-state index contributed by atoms with van der Waals surface area (Å²) in [5.74, 6) is -0.484. The van der Waals surface area contributed by atoms with Crippen LogP contribution in [0.3, 0.4) is 0 Å². The fourth-order valence-electron chi connectivity index (χ4n) is 5.85. The topological polar surface area (TPSA) is 137 Å². The van der Waals surface area contributed by atoms with Gasteiger partial charge >= 0.3 is 6.18 Å². The minimum atomic E-state index is -4.78. The van der Waals surface area contributed by atoms with Gasteiger partial charge in [-0.2, -0.15) is 18.2 Å². The normalized spacial score (nSPS) is 20.8. The molecule has 1 aliphatic carbocycles. The largest absolute Gasteiger partial charge is 0.495 e. The van der Waals surface area contributed by atoms with Crippen LogP contribution in [0.15, 0.2) is 36.5 Å². The Morgan fingerprint density at radius 3 is 2.52 bits per heavy atom. The highest BCUT2D eigenvalue weighted by atomic mass is 31.1. The number of alkyl halides is 3. The van der Waals surface area contributed by atoms with Crippen LogP contribution in [0.4, 0.5) is 36.3 Å². The third-order valence-electron chi connectivity index (χ3n) is 8.29. The molecule has 1 unspecified atom stereocenters. The van der Waals surface area contributed by atoms with E-state index in [-0.39, 0.29) is 29.6 Å². The number of rotatable bonds is 9. The molecule has 0 saturated heterocycles. The molecule has 5 rings (SSSR count). The lowest BCUT2D eigenvalue weighted by atomic mass is 9.75. The first-order chi connectivity index (χ1) is 20.8. The lowest BCUT2D eigenvalue weighted by Crippen LogP contribution is -2.29. The maximum absolute atomic E-state index is 14.1. The van der Waals surface area contributed by atoms with Crippen molar-refractivity contribution in [2.75, 3.05) is 31.0 Å². The Morgan fingerprint density at radius 2 is 1.86 bits per heavy atom. The number of hydrogen-bond acceptors (Lipinski definition) is 8. The smallest absolute Gasteiger partial charge is 0.421 e. The number of aliphatic hydroxyl groups is 1. The summed E-state index contributed by atoms with van der Waals surface area (Å²) in [4.78, 5) is 32.0. The minimum absolute atomic E-state index is 0.114. The maximum Gasteiger partial charge on any atom is 0.421 e. The van der Waals surface area contributed by atoms with Crippen molar-refractivity contribution in [2.24, 2.45) is 0 Å². The monoisotopic (exact) mass is 633 g/mol. The number of ether oxygens (including phenoxy) is 1. The second-order valence-electron chi connectivity index (χ2n) is 11.6. The van der Waals surface area contributed by atoms with Crippen LogP contribution >= 0.6 is 8.03 Å². The van der Waals surface area contributed by atoms with E-state index in [0.717, 1.165) is 29.5 Å². The number of halogens is 3. The van der Waals surface area contributed by atoms with Gasteiger partial charge in [0.2, 0.25) is 5.95 Å². The van der Waals surface area contributed by atoms with E-state index >= 15 is 0 Å². The molecule has 14 heteroatoms. The molecule has 1 fully saturated rings. The number of hydrogen-bond donors (Lipinski definition) is 4. The van der Waals surface area contributed by atoms with E-state index in [1.807, 2.05) is 13.0 Å². The molecular weight excluding hydrogens is 598 g/mol. The number of aromatic nitrogens is 2. The van der Waals surface area contributed by atoms with Crippen molar-refractivity contribution in [3.63, 3.8) is 0 Å². The molecule has 0 radical (unpaired) electrons. The zero-order chi connectivity index (χ0) is 31.8. The average Bonchev–Trinajstić information content (AvgIpc) is 3.26. The molecule has 4 N–H and O–H groups in total. The van der Waals surface area contributed by atoms with Gasteiger partial charge in [0, 0.05) is 26.0 Å². The van der Waals surface area contributed by atoms with E-state index in [1.165, 1.54) is 12.0 Å². The Kier molecular flexibility index (Phi) is 8.93. The number of carbonyl (C=O) groups excluding carboxylic acids is 1. The minimum Gasteiger partial charge on any atom is -0.495 e. The Hall–Kier alpha value is -3.67. The zero-order valence-corrected chi connectivity index (χ0v) is 25.6. The number of anilines is 4. The number of fused-ring (bicyclic) bond motifs is 1. The summed E-state index contributed by atoms with van der Waals surface area (Å²) >= 11 is 0. The van der Waals surface area contributed by atoms with Crippen LogP contribution < -0.4 is 15.4 Å². The van der Waals surface area contributed by atoms with Crippen LogP contribution in [0.5, 0.6) is 5.75 Å². The SMILES string of the molecule is COc1cc(CC[PH](=O)O)ccc1Nc1ncc(C(F)(F)F)c(Nc2ccc(C3CCC(C)(O)CC3)c3c2C(=O)N(C)C3)n1. The van der Waals surface area contributed by atoms with Gasteiger partial charge < -0.3 is 30.3 Å². The Bertz CT molecular complexity index is 1590. The zero-order valence-electron chi connectivity index (χ0n) is 24.6. The molecule has 0 spiro atoms. The highest BCUT2D eigenvalue weighted by molar-refractivity contribution is 7.37. The third-order valence-corrected chi connectivity index (χ3v) is 8.97. The first-order valence-electron chi connectivity index (χ1n) is 14.3. The predicted octanol–water partition coefficient (Wildman–Crippen LogP) is 5.99. The van der Waals surface area contributed by atoms with E-state index < -0.39 is 31.2 Å². The molecule has 236 valence electrons. The summed E-state index contributed by atoms with van der Waals surface area (Å²) in [6.45, 7) is 2.15. The molecule has 0 bridgehead atoms. The van der Waals surface area contributed by atoms with Gasteiger partial charge in [0.25, 0.3) is 5.91 Å². The molecule has 1 aliphatic heterocycles. The molecule has 2 heterocycles. The average molecular weight is 634 g/mol. The third kappa shape index (κ3) is 6.85. The Morgan fingerprint density at radius 1 is 1.16 bits per heavy atom. The molecule has 1 atom stereocenters. The van der Waals surface area contributed by atoms with Crippen LogP contribution in [0.1, 0.15) is 71.1 Å². The number of aryl methyl sites for hydroxylation is 1. The van der Waals surface area contributed by atoms with Gasteiger partial charge in [-0.05, 0) is 79.8 Å². The summed E-state index contributed by atoms with van der Waals surface area (Å²) in [6, 6.07) is 8.47. The second kappa shape index (κ2) is 12.4. The van der Waals surface area contributed by atoms with E-state index in [0.29, 0.717) is 49.0 Å². The van der Waals surface area contributed by atoms with Crippen molar-refractivity contribution >= 4 is 37.1 Å². The van der Waals surface area contributed by atoms with Crippen LogP contribution in [-0.4, -0.2) is 56.7 Å². The van der Waals surface area contributed by atoms with Crippen LogP contribution in [0.2, 0.25) is 0 Å². The molecule has 10 nitrogen and oxygen atoms in total. The summed E-state index contributed by atoms with van der Waals surface area (Å²) < 4.78 is 58.8. The lowest BCUT2D eigenvalue weighted by Gasteiger charge is -2.34. The van der Waals surface area contributed by atoms with Crippen molar-refractivity contribution in [3.8, 4) is 5.75 Å². The van der Waals surface area contributed by atoms with Gasteiger partial charge in [0.05, 0.1) is 29.6 Å². The van der Waals surface area contributed by atoms with E-state index in [2.05, 4.69) is 20.6 Å². The van der Waals surface area contributed by atoms with Gasteiger partial charge in [-0.3, -0.25) is 9.36 Å². The van der Waals surface area contributed by atoms with Crippen molar-refractivity contribution in [1.82, 2.24) is 14.9 Å². The van der Waals surface area contributed by atoms with Crippen molar-refractivity contribution in [1.29, 1.82) is 0 Å². The number of nitrogens with zero attached hydrogens (tertiary/aromatic N) is 3. The number of benzene rings is 2. The fraction of sp³-hybridized carbons (Fsp3) is 0.433. The number of amides is 1. The first kappa shape index (κ1) is 31.7. The molecule has 2 aliphatic rings. The van der Waals surface area contributed by atoms with Gasteiger partial charge in [-0.25, -0.2) is 4.98 Å². The van der Waals surface area contributed by atoms with Crippen LogP contribution in [-0.2, 0) is 23.7 Å². The number of carbonyl (C=O) groups is 1. The predicted molar refractivity (Wildman–Crippen MR) is 160 cm³/mol. The van der Waals surface area contributed by atoms with Crippen LogP contribution in [0.25, 0.3) is 0 Å². The Labute approximate surface area is 253 Å². The van der Waals surface area contributed by atoms with Gasteiger partial charge in [0.1, 0.15) is 17.1 Å². The van der Waals surface area contributed by atoms with Crippen LogP contribution in [0, 0.1) is 0 Å². The standard InChI is InChI=1S/C30H35F3N5O5P/c1-29(40)11-8-18(9-12-29)19-5-7-23(25-20(19)16-38(2)27(25)39)35-26-21(30(31,32)33)15-34-28(37-26)36-22-6-4-17(10-13-44(41)42)14-24(22)43-3/h4-7,14-15,18,40,44H,8-13,16H2,1-3H3,(H,41,42)(H2,34,35,36,37). The quantitative estimate of drug-likeness (QED) is 0.209. The lowest BCUT2D eigenvalue weighted by molar-refractivity contribution is -0.137. The second-order valence-corrected chi connectivity index (χ2v) is 12.9. The molecule has 1 aromatic heterocycles. The van der Waals surface area contributed by atoms with Crippen molar-refractivity contribution in [3.05, 3.63) is 64.3 Å². The van der Waals surface area contributed by atoms with Gasteiger partial charge in [0.15, 0.2) is 8.03 Å². The van der Waals surface area contributed by atoms with E-state index in [4.69, 9.17) is 9.63 Å². The molecule has 2 aromatic carbocycles.